The summed E-state index contributed by atoms with van der Waals surface area (Å²) >= 11 is 0. The van der Waals surface area contributed by atoms with Crippen LogP contribution in [0.1, 0.15) is 12.0 Å². The van der Waals surface area contributed by atoms with Gasteiger partial charge in [-0.15, -0.1) is 0 Å². The molecule has 0 aromatic heterocycles. The molecule has 92 valence electrons. The van der Waals surface area contributed by atoms with Crippen molar-refractivity contribution >= 4 is 17.9 Å². The number of carbonyl (C=O) groups is 2. The minimum atomic E-state index is -0.353. The average molecular weight is 245 g/mol. The Morgan fingerprint density at radius 1 is 1.28 bits per heavy atom. The van der Waals surface area contributed by atoms with Gasteiger partial charge in [-0.1, -0.05) is 18.2 Å². The van der Waals surface area contributed by atoms with Gasteiger partial charge >= 0.3 is 0 Å². The summed E-state index contributed by atoms with van der Waals surface area (Å²) in [6.45, 7) is 0.405. The summed E-state index contributed by atoms with van der Waals surface area (Å²) in [5.74, 6) is -0.974. The van der Waals surface area contributed by atoms with Gasteiger partial charge in [0.2, 0.25) is 0 Å². The first kappa shape index (κ1) is 12.2. The number of nitrogens with zero attached hydrogens (tertiary/aromatic N) is 1. The van der Waals surface area contributed by atoms with E-state index in [0.717, 1.165) is 0 Å². The highest BCUT2D eigenvalue weighted by Gasteiger charge is 2.18. The second-order valence-corrected chi connectivity index (χ2v) is 3.90. The Balaban J connectivity index is 2.05. The van der Waals surface area contributed by atoms with Crippen molar-refractivity contribution in [1.82, 2.24) is 4.90 Å². The molecule has 0 spiro atoms. The van der Waals surface area contributed by atoms with E-state index >= 15 is 0 Å². The van der Waals surface area contributed by atoms with E-state index in [0.29, 0.717) is 18.5 Å². The Morgan fingerprint density at radius 2 is 2.00 bits per heavy atom. The van der Waals surface area contributed by atoms with E-state index in [2.05, 4.69) is 0 Å². The van der Waals surface area contributed by atoms with Gasteiger partial charge in [0.1, 0.15) is 5.82 Å². The SMILES string of the molecule is O=C1C=CCCN1C(=O)/C=C/c1ccc(F)cc1. The zero-order valence-electron chi connectivity index (χ0n) is 9.67. The van der Waals surface area contributed by atoms with Crippen LogP contribution in [0.5, 0.6) is 0 Å². The minimum absolute atomic E-state index is 0.296. The Hall–Kier alpha value is -2.23. The van der Waals surface area contributed by atoms with E-state index in [9.17, 15) is 14.0 Å². The molecule has 0 fully saturated rings. The quantitative estimate of drug-likeness (QED) is 0.749. The molecule has 3 nitrogen and oxygen atoms in total. The number of carbonyl (C=O) groups excluding carboxylic acids is 2. The maximum Gasteiger partial charge on any atom is 0.253 e. The summed E-state index contributed by atoms with van der Waals surface area (Å²) in [4.78, 5) is 24.4. The molecular formula is C14H12FNO2. The Labute approximate surface area is 104 Å². The van der Waals surface area contributed by atoms with Gasteiger partial charge in [0.15, 0.2) is 0 Å². The van der Waals surface area contributed by atoms with Crippen molar-refractivity contribution in [3.8, 4) is 0 Å². The lowest BCUT2D eigenvalue weighted by Gasteiger charge is -2.19. The van der Waals surface area contributed by atoms with Gasteiger partial charge in [-0.05, 0) is 36.3 Å². The van der Waals surface area contributed by atoms with Crippen LogP contribution in [0.3, 0.4) is 0 Å². The van der Waals surface area contributed by atoms with E-state index < -0.39 is 0 Å². The molecule has 0 radical (unpaired) electrons. The second-order valence-electron chi connectivity index (χ2n) is 3.90. The third-order valence-electron chi connectivity index (χ3n) is 2.60. The van der Waals surface area contributed by atoms with Crippen LogP contribution < -0.4 is 0 Å². The smallest absolute Gasteiger partial charge is 0.253 e. The van der Waals surface area contributed by atoms with Crippen LogP contribution in [0, 0.1) is 5.82 Å². The van der Waals surface area contributed by atoms with Gasteiger partial charge in [0.25, 0.3) is 11.8 Å². The Bertz CT molecular complexity index is 517. The molecule has 0 saturated carbocycles. The number of imide groups is 1. The molecule has 1 heterocycles. The predicted octanol–water partition coefficient (Wildman–Crippen LogP) is 2.15. The first-order valence-corrected chi connectivity index (χ1v) is 5.62. The van der Waals surface area contributed by atoms with Crippen molar-refractivity contribution in [1.29, 1.82) is 0 Å². The molecule has 1 aliphatic heterocycles. The molecular weight excluding hydrogens is 233 g/mol. The summed E-state index contributed by atoms with van der Waals surface area (Å²) in [7, 11) is 0. The highest BCUT2D eigenvalue weighted by molar-refractivity contribution is 6.06. The van der Waals surface area contributed by atoms with Crippen LogP contribution in [0.2, 0.25) is 0 Å². The van der Waals surface area contributed by atoms with Crippen molar-refractivity contribution in [3.05, 3.63) is 53.9 Å². The summed E-state index contributed by atoms with van der Waals surface area (Å²) < 4.78 is 12.7. The van der Waals surface area contributed by atoms with Crippen molar-refractivity contribution in [3.63, 3.8) is 0 Å². The summed E-state index contributed by atoms with van der Waals surface area (Å²) in [6, 6.07) is 5.77. The van der Waals surface area contributed by atoms with E-state index in [-0.39, 0.29) is 17.6 Å². The van der Waals surface area contributed by atoms with Gasteiger partial charge in [0, 0.05) is 12.6 Å². The number of amides is 2. The molecule has 4 heteroatoms. The lowest BCUT2D eigenvalue weighted by atomic mass is 10.2. The monoisotopic (exact) mass is 245 g/mol. The minimum Gasteiger partial charge on any atom is -0.275 e. The number of halogens is 1. The number of benzene rings is 1. The van der Waals surface area contributed by atoms with E-state index in [1.165, 1.54) is 29.2 Å². The number of hydrogen-bond acceptors (Lipinski definition) is 2. The number of rotatable bonds is 2. The highest BCUT2D eigenvalue weighted by Crippen LogP contribution is 2.07. The molecule has 18 heavy (non-hydrogen) atoms. The molecule has 0 aliphatic carbocycles. The van der Waals surface area contributed by atoms with Gasteiger partial charge in [-0.2, -0.15) is 0 Å². The first-order valence-electron chi connectivity index (χ1n) is 5.62. The maximum atomic E-state index is 12.7. The fourth-order valence-electron chi connectivity index (χ4n) is 1.64. The molecule has 0 saturated heterocycles. The molecule has 1 aliphatic rings. The van der Waals surface area contributed by atoms with Crippen LogP contribution in [0.15, 0.2) is 42.5 Å². The average Bonchev–Trinajstić information content (AvgIpc) is 2.38. The summed E-state index contributed by atoms with van der Waals surface area (Å²) in [5.41, 5.74) is 0.713. The molecule has 2 rings (SSSR count). The Morgan fingerprint density at radius 3 is 2.67 bits per heavy atom. The fourth-order valence-corrected chi connectivity index (χ4v) is 1.64. The topological polar surface area (TPSA) is 37.4 Å². The van der Waals surface area contributed by atoms with Gasteiger partial charge in [0.05, 0.1) is 0 Å². The molecule has 0 unspecified atom stereocenters. The van der Waals surface area contributed by atoms with E-state index in [1.807, 2.05) is 0 Å². The first-order chi connectivity index (χ1) is 8.66. The molecule has 2 amide bonds. The van der Waals surface area contributed by atoms with Gasteiger partial charge in [-0.3, -0.25) is 14.5 Å². The lowest BCUT2D eigenvalue weighted by molar-refractivity contribution is -0.139. The second kappa shape index (κ2) is 5.40. The largest absolute Gasteiger partial charge is 0.275 e. The van der Waals surface area contributed by atoms with Crippen LogP contribution in [-0.4, -0.2) is 23.3 Å². The standard InChI is InChI=1S/C14H12FNO2/c15-12-7-4-11(5-8-12)6-9-14(18)16-10-2-1-3-13(16)17/h1,3-9H,2,10H2/b9-6+. The number of hydrogen-bond donors (Lipinski definition) is 0. The summed E-state index contributed by atoms with van der Waals surface area (Å²) in [5, 5.41) is 0. The fraction of sp³-hybridized carbons (Fsp3) is 0.143. The van der Waals surface area contributed by atoms with Crippen molar-refractivity contribution in [2.45, 2.75) is 6.42 Å². The predicted molar refractivity (Wildman–Crippen MR) is 65.9 cm³/mol. The molecule has 1 aromatic carbocycles. The van der Waals surface area contributed by atoms with E-state index in [4.69, 9.17) is 0 Å². The van der Waals surface area contributed by atoms with Crippen LogP contribution in [-0.2, 0) is 9.59 Å². The zero-order chi connectivity index (χ0) is 13.0. The molecule has 0 bridgehead atoms. The lowest BCUT2D eigenvalue weighted by Crippen LogP contribution is -2.37. The molecule has 0 N–H and O–H groups in total. The molecule has 1 aromatic rings. The van der Waals surface area contributed by atoms with Crippen molar-refractivity contribution in [2.75, 3.05) is 6.54 Å². The Kier molecular flexibility index (Phi) is 3.67. The zero-order valence-corrected chi connectivity index (χ0v) is 9.67. The third-order valence-corrected chi connectivity index (χ3v) is 2.60. The third kappa shape index (κ3) is 2.91. The maximum absolute atomic E-state index is 12.7. The van der Waals surface area contributed by atoms with Crippen LogP contribution in [0.4, 0.5) is 4.39 Å². The normalized spacial score (nSPS) is 15.4. The molecule has 0 atom stereocenters. The summed E-state index contributed by atoms with van der Waals surface area (Å²) in [6.07, 6.45) is 6.71. The van der Waals surface area contributed by atoms with Crippen LogP contribution in [0.25, 0.3) is 6.08 Å². The van der Waals surface area contributed by atoms with Gasteiger partial charge in [-0.25, -0.2) is 4.39 Å². The van der Waals surface area contributed by atoms with Crippen LogP contribution >= 0.6 is 0 Å². The highest BCUT2D eigenvalue weighted by atomic mass is 19.1. The van der Waals surface area contributed by atoms with Crippen molar-refractivity contribution in [2.24, 2.45) is 0 Å². The van der Waals surface area contributed by atoms with E-state index in [1.54, 1.807) is 24.3 Å². The van der Waals surface area contributed by atoms with Gasteiger partial charge < -0.3 is 0 Å². The van der Waals surface area contributed by atoms with Crippen molar-refractivity contribution < 1.29 is 14.0 Å².